The van der Waals surface area contributed by atoms with E-state index in [2.05, 4.69) is 31.3 Å². The van der Waals surface area contributed by atoms with Crippen LogP contribution in [0.3, 0.4) is 0 Å². The van der Waals surface area contributed by atoms with Crippen LogP contribution in [0, 0.1) is 13.8 Å². The Kier molecular flexibility index (Phi) is 2.83. The van der Waals surface area contributed by atoms with E-state index < -0.39 is 0 Å². The fraction of sp³-hybridized carbons (Fsp3) is 0.438. The molecule has 3 rings (SSSR count). The van der Waals surface area contributed by atoms with E-state index in [1.54, 1.807) is 0 Å². The van der Waals surface area contributed by atoms with Crippen molar-refractivity contribution in [1.29, 1.82) is 0 Å². The van der Waals surface area contributed by atoms with Crippen LogP contribution in [0.5, 0.6) is 0 Å². The Morgan fingerprint density at radius 1 is 1.22 bits per heavy atom. The van der Waals surface area contributed by atoms with Gasteiger partial charge in [-0.3, -0.25) is 4.98 Å². The third kappa shape index (κ3) is 1.64. The maximum absolute atomic E-state index is 4.93. The summed E-state index contributed by atoms with van der Waals surface area (Å²) >= 11 is 0. The number of nitrogens with zero attached hydrogens (tertiary/aromatic N) is 1. The molecule has 0 fully saturated rings. The molecule has 1 aromatic heterocycles. The number of nitrogens with one attached hydrogen (secondary N) is 1. The van der Waals surface area contributed by atoms with Gasteiger partial charge in [0.2, 0.25) is 0 Å². The number of pyridine rings is 1. The largest absolute Gasteiger partial charge is 0.316 e. The zero-order chi connectivity index (χ0) is 12.7. The molecule has 2 aromatic rings. The van der Waals surface area contributed by atoms with E-state index in [0.717, 1.165) is 13.0 Å². The second-order valence-electron chi connectivity index (χ2n) is 5.30. The van der Waals surface area contributed by atoms with Crippen molar-refractivity contribution in [3.63, 3.8) is 0 Å². The molecular weight excluding hydrogens is 220 g/mol. The van der Waals surface area contributed by atoms with Crippen molar-refractivity contribution < 1.29 is 0 Å². The first-order chi connectivity index (χ1) is 8.72. The lowest BCUT2D eigenvalue weighted by atomic mass is 9.97. The van der Waals surface area contributed by atoms with Gasteiger partial charge in [-0.1, -0.05) is 12.1 Å². The van der Waals surface area contributed by atoms with Gasteiger partial charge in [-0.25, -0.2) is 0 Å². The van der Waals surface area contributed by atoms with Crippen LogP contribution in [0.15, 0.2) is 12.1 Å². The summed E-state index contributed by atoms with van der Waals surface area (Å²) in [6.07, 6.45) is 3.60. The molecule has 94 valence electrons. The van der Waals surface area contributed by atoms with Gasteiger partial charge in [-0.2, -0.15) is 0 Å². The predicted octanol–water partition coefficient (Wildman–Crippen LogP) is 3.06. The summed E-state index contributed by atoms with van der Waals surface area (Å²) < 4.78 is 0. The average molecular weight is 240 g/mol. The molecule has 1 aromatic carbocycles. The number of benzene rings is 1. The summed E-state index contributed by atoms with van der Waals surface area (Å²) in [5.74, 6) is 0. The van der Waals surface area contributed by atoms with Gasteiger partial charge < -0.3 is 5.32 Å². The Labute approximate surface area is 108 Å². The smallest absolute Gasteiger partial charge is 0.0740 e. The van der Waals surface area contributed by atoms with Gasteiger partial charge in [0.15, 0.2) is 0 Å². The first-order valence-corrected chi connectivity index (χ1v) is 6.77. The third-order valence-electron chi connectivity index (χ3n) is 4.18. The fourth-order valence-electron chi connectivity index (χ4n) is 3.04. The molecule has 2 nitrogen and oxygen atoms in total. The van der Waals surface area contributed by atoms with Crippen LogP contribution in [0.2, 0.25) is 0 Å². The van der Waals surface area contributed by atoms with Crippen molar-refractivity contribution in [3.8, 4) is 0 Å². The Balaban J connectivity index is 2.37. The van der Waals surface area contributed by atoms with E-state index in [-0.39, 0.29) is 0 Å². The van der Waals surface area contributed by atoms with Crippen molar-refractivity contribution in [1.82, 2.24) is 10.3 Å². The van der Waals surface area contributed by atoms with Gasteiger partial charge in [0.05, 0.1) is 5.52 Å². The van der Waals surface area contributed by atoms with Gasteiger partial charge in [0, 0.05) is 17.6 Å². The van der Waals surface area contributed by atoms with Crippen molar-refractivity contribution in [2.75, 3.05) is 7.05 Å². The topological polar surface area (TPSA) is 24.9 Å². The highest BCUT2D eigenvalue weighted by atomic mass is 14.8. The molecule has 0 bridgehead atoms. The molecule has 1 heterocycles. The van der Waals surface area contributed by atoms with E-state index in [9.17, 15) is 0 Å². The molecule has 0 spiro atoms. The molecule has 0 saturated heterocycles. The Bertz CT molecular complexity index is 614. The van der Waals surface area contributed by atoms with Crippen LogP contribution in [0.25, 0.3) is 10.9 Å². The maximum atomic E-state index is 4.93. The minimum atomic E-state index is 0.948. The zero-order valence-electron chi connectivity index (χ0n) is 11.4. The summed E-state index contributed by atoms with van der Waals surface area (Å²) in [6.45, 7) is 5.31. The average Bonchev–Trinajstić information content (AvgIpc) is 2.82. The van der Waals surface area contributed by atoms with Crippen molar-refractivity contribution in [2.24, 2.45) is 0 Å². The van der Waals surface area contributed by atoms with Gasteiger partial charge in [-0.05, 0) is 62.4 Å². The normalized spacial score (nSPS) is 14.2. The first kappa shape index (κ1) is 11.7. The Morgan fingerprint density at radius 3 is 2.83 bits per heavy atom. The second kappa shape index (κ2) is 4.36. The molecule has 1 aliphatic rings. The van der Waals surface area contributed by atoms with E-state index >= 15 is 0 Å². The van der Waals surface area contributed by atoms with E-state index in [4.69, 9.17) is 4.98 Å². The van der Waals surface area contributed by atoms with Gasteiger partial charge in [0.25, 0.3) is 0 Å². The van der Waals surface area contributed by atoms with Crippen LogP contribution in [0.1, 0.15) is 34.4 Å². The van der Waals surface area contributed by atoms with Crippen molar-refractivity contribution in [2.45, 2.75) is 39.7 Å². The third-order valence-corrected chi connectivity index (χ3v) is 4.18. The van der Waals surface area contributed by atoms with Gasteiger partial charge >= 0.3 is 0 Å². The van der Waals surface area contributed by atoms with Crippen molar-refractivity contribution >= 4 is 10.9 Å². The zero-order valence-corrected chi connectivity index (χ0v) is 11.4. The molecule has 0 unspecified atom stereocenters. The van der Waals surface area contributed by atoms with Gasteiger partial charge in [0.1, 0.15) is 0 Å². The lowest BCUT2D eigenvalue weighted by molar-refractivity contribution is 0.809. The molecule has 2 heteroatoms. The lowest BCUT2D eigenvalue weighted by Gasteiger charge is -2.14. The summed E-state index contributed by atoms with van der Waals surface area (Å²) in [4.78, 5) is 4.93. The Hall–Kier alpha value is -1.41. The predicted molar refractivity (Wildman–Crippen MR) is 76.0 cm³/mol. The maximum Gasteiger partial charge on any atom is 0.0740 e. The Morgan fingerprint density at radius 2 is 2.06 bits per heavy atom. The van der Waals surface area contributed by atoms with Crippen LogP contribution in [0.4, 0.5) is 0 Å². The summed E-state index contributed by atoms with van der Waals surface area (Å²) in [6, 6.07) is 4.47. The minimum Gasteiger partial charge on any atom is -0.316 e. The number of hydrogen-bond acceptors (Lipinski definition) is 2. The van der Waals surface area contributed by atoms with Crippen molar-refractivity contribution in [3.05, 3.63) is 40.1 Å². The summed E-state index contributed by atoms with van der Waals surface area (Å²) in [5.41, 5.74) is 8.18. The quantitative estimate of drug-likeness (QED) is 0.872. The highest BCUT2D eigenvalue weighted by molar-refractivity contribution is 5.87. The standard InChI is InChI=1S/C16H20N2/c1-10-7-8-13-14(9-17-3)12-5-4-6-15(12)18-16(13)11(10)2/h7-8,17H,4-6,9H2,1-3H3. The number of aromatic nitrogens is 1. The SMILES string of the molecule is CNCc1c2c(nc3c(C)c(C)ccc13)CCC2. The molecule has 0 atom stereocenters. The fourth-order valence-corrected chi connectivity index (χ4v) is 3.04. The van der Waals surface area contributed by atoms with Crippen LogP contribution in [-0.4, -0.2) is 12.0 Å². The number of rotatable bonds is 2. The molecule has 0 aliphatic heterocycles. The van der Waals surface area contributed by atoms with Gasteiger partial charge in [-0.15, -0.1) is 0 Å². The molecular formula is C16H20N2. The first-order valence-electron chi connectivity index (χ1n) is 6.77. The lowest BCUT2D eigenvalue weighted by Crippen LogP contribution is -2.10. The highest BCUT2D eigenvalue weighted by Gasteiger charge is 2.19. The molecule has 18 heavy (non-hydrogen) atoms. The summed E-state index contributed by atoms with van der Waals surface area (Å²) in [7, 11) is 2.02. The van der Waals surface area contributed by atoms with E-state index in [1.165, 1.54) is 51.7 Å². The van der Waals surface area contributed by atoms with E-state index in [0.29, 0.717) is 0 Å². The molecule has 1 N–H and O–H groups in total. The van der Waals surface area contributed by atoms with Crippen LogP contribution in [-0.2, 0) is 19.4 Å². The molecule has 0 radical (unpaired) electrons. The van der Waals surface area contributed by atoms with Crippen LogP contribution >= 0.6 is 0 Å². The van der Waals surface area contributed by atoms with Crippen LogP contribution < -0.4 is 5.32 Å². The summed E-state index contributed by atoms with van der Waals surface area (Å²) in [5, 5.41) is 4.65. The highest BCUT2D eigenvalue weighted by Crippen LogP contribution is 2.32. The molecule has 0 saturated carbocycles. The van der Waals surface area contributed by atoms with E-state index in [1.807, 2.05) is 7.05 Å². The monoisotopic (exact) mass is 240 g/mol. The minimum absolute atomic E-state index is 0.948. The second-order valence-corrected chi connectivity index (χ2v) is 5.30. The number of fused-ring (bicyclic) bond motifs is 2. The number of aryl methyl sites for hydroxylation is 3. The molecule has 1 aliphatic carbocycles. The number of hydrogen-bond donors (Lipinski definition) is 1. The molecule has 0 amide bonds.